The number of imidazole rings is 1. The average Bonchev–Trinajstić information content (AvgIpc) is 2.94. The summed E-state index contributed by atoms with van der Waals surface area (Å²) in [5, 5.41) is 3.38. The van der Waals surface area contributed by atoms with Gasteiger partial charge in [0, 0.05) is 32.9 Å². The zero-order valence-corrected chi connectivity index (χ0v) is 12.9. The Balaban J connectivity index is 1.59. The lowest BCUT2D eigenvalue weighted by Gasteiger charge is -2.33. The summed E-state index contributed by atoms with van der Waals surface area (Å²) in [6, 6.07) is 10.1. The quantitative estimate of drug-likeness (QED) is 0.914. The number of benzene rings is 1. The summed E-state index contributed by atoms with van der Waals surface area (Å²) in [5.41, 5.74) is 2.27. The predicted octanol–water partition coefficient (Wildman–Crippen LogP) is 1.70. The van der Waals surface area contributed by atoms with E-state index in [2.05, 4.69) is 22.4 Å². The summed E-state index contributed by atoms with van der Waals surface area (Å²) in [6.07, 6.45) is 5.56. The van der Waals surface area contributed by atoms with E-state index in [4.69, 9.17) is 0 Å². The molecule has 1 aliphatic rings. The number of amides is 1. The van der Waals surface area contributed by atoms with E-state index in [0.29, 0.717) is 13.1 Å². The number of piperidine rings is 1. The van der Waals surface area contributed by atoms with Gasteiger partial charge in [-0.2, -0.15) is 0 Å². The molecule has 0 saturated carbocycles. The predicted molar refractivity (Wildman–Crippen MR) is 84.9 cm³/mol. The van der Waals surface area contributed by atoms with Crippen LogP contribution in [0.4, 0.5) is 0 Å². The first-order chi connectivity index (χ1) is 10.7. The Hall–Kier alpha value is -2.14. The standard InChI is InChI=1S/C17H22N4O/c1-20-13-18-10-15(20)11-19-16-8-5-9-21(17(16)22)12-14-6-3-2-4-7-14/h2-4,6-7,10,13,16,19H,5,8-9,11-12H2,1H3. The molecule has 2 aromatic rings. The number of carbonyl (C=O) groups excluding carboxylic acids is 1. The molecule has 116 valence electrons. The van der Waals surface area contributed by atoms with Gasteiger partial charge in [-0.25, -0.2) is 4.98 Å². The molecule has 2 heterocycles. The zero-order valence-electron chi connectivity index (χ0n) is 12.9. The van der Waals surface area contributed by atoms with Crippen LogP contribution in [0.5, 0.6) is 0 Å². The van der Waals surface area contributed by atoms with Crippen LogP contribution in [0, 0.1) is 0 Å². The molecule has 1 amide bonds. The lowest BCUT2D eigenvalue weighted by atomic mass is 10.0. The van der Waals surface area contributed by atoms with E-state index in [1.807, 2.05) is 40.9 Å². The van der Waals surface area contributed by atoms with Crippen LogP contribution in [-0.4, -0.2) is 32.9 Å². The van der Waals surface area contributed by atoms with E-state index >= 15 is 0 Å². The van der Waals surface area contributed by atoms with Crippen LogP contribution in [0.1, 0.15) is 24.1 Å². The number of hydrogen-bond donors (Lipinski definition) is 1. The van der Waals surface area contributed by atoms with Crippen molar-refractivity contribution in [3.05, 3.63) is 54.1 Å². The highest BCUT2D eigenvalue weighted by Gasteiger charge is 2.28. The van der Waals surface area contributed by atoms with E-state index in [1.54, 1.807) is 6.33 Å². The maximum Gasteiger partial charge on any atom is 0.240 e. The maximum atomic E-state index is 12.6. The number of likely N-dealkylation sites (tertiary alicyclic amines) is 1. The number of aryl methyl sites for hydroxylation is 1. The summed E-state index contributed by atoms with van der Waals surface area (Å²) in [6.45, 7) is 2.22. The second-order valence-corrected chi connectivity index (χ2v) is 5.82. The second kappa shape index (κ2) is 6.75. The molecular formula is C17H22N4O. The van der Waals surface area contributed by atoms with E-state index in [0.717, 1.165) is 25.1 Å². The molecule has 1 unspecified atom stereocenters. The summed E-state index contributed by atoms with van der Waals surface area (Å²) in [5.74, 6) is 0.206. The van der Waals surface area contributed by atoms with E-state index < -0.39 is 0 Å². The molecule has 0 radical (unpaired) electrons. The Kier molecular flexibility index (Phi) is 4.53. The summed E-state index contributed by atoms with van der Waals surface area (Å²) < 4.78 is 1.97. The van der Waals surface area contributed by atoms with Gasteiger partial charge < -0.3 is 14.8 Å². The molecule has 1 aromatic carbocycles. The molecule has 1 fully saturated rings. The third-order valence-corrected chi connectivity index (χ3v) is 4.19. The Morgan fingerprint density at radius 3 is 2.86 bits per heavy atom. The van der Waals surface area contributed by atoms with Crippen LogP contribution >= 0.6 is 0 Å². The number of nitrogens with zero attached hydrogens (tertiary/aromatic N) is 3. The molecular weight excluding hydrogens is 276 g/mol. The Bertz CT molecular complexity index is 623. The fourth-order valence-electron chi connectivity index (χ4n) is 2.87. The molecule has 0 bridgehead atoms. The van der Waals surface area contributed by atoms with Crippen LogP contribution in [0.3, 0.4) is 0 Å². The normalized spacial score (nSPS) is 18.7. The van der Waals surface area contributed by atoms with E-state index in [-0.39, 0.29) is 11.9 Å². The summed E-state index contributed by atoms with van der Waals surface area (Å²) in [4.78, 5) is 18.7. The van der Waals surface area contributed by atoms with Crippen LogP contribution < -0.4 is 5.32 Å². The molecule has 1 saturated heterocycles. The molecule has 3 rings (SSSR count). The zero-order chi connectivity index (χ0) is 15.4. The molecule has 22 heavy (non-hydrogen) atoms. The molecule has 1 aliphatic heterocycles. The van der Waals surface area contributed by atoms with Crippen LogP contribution in [0.25, 0.3) is 0 Å². The van der Waals surface area contributed by atoms with Gasteiger partial charge >= 0.3 is 0 Å². The minimum Gasteiger partial charge on any atom is -0.337 e. The van der Waals surface area contributed by atoms with Gasteiger partial charge in [0.25, 0.3) is 0 Å². The van der Waals surface area contributed by atoms with E-state index in [1.165, 1.54) is 5.56 Å². The second-order valence-electron chi connectivity index (χ2n) is 5.82. The molecule has 1 atom stereocenters. The molecule has 5 heteroatoms. The summed E-state index contributed by atoms with van der Waals surface area (Å²) in [7, 11) is 1.97. The van der Waals surface area contributed by atoms with Gasteiger partial charge in [-0.05, 0) is 18.4 Å². The Labute approximate surface area is 131 Å². The van der Waals surface area contributed by atoms with Gasteiger partial charge in [-0.3, -0.25) is 4.79 Å². The van der Waals surface area contributed by atoms with Gasteiger partial charge in [-0.1, -0.05) is 30.3 Å². The fraction of sp³-hybridized carbons (Fsp3) is 0.412. The summed E-state index contributed by atoms with van der Waals surface area (Å²) >= 11 is 0. The van der Waals surface area contributed by atoms with Crippen molar-refractivity contribution in [2.45, 2.75) is 32.0 Å². The van der Waals surface area contributed by atoms with Gasteiger partial charge in [0.1, 0.15) is 0 Å². The van der Waals surface area contributed by atoms with Crippen molar-refractivity contribution in [3.8, 4) is 0 Å². The smallest absolute Gasteiger partial charge is 0.240 e. The lowest BCUT2D eigenvalue weighted by Crippen LogP contribution is -2.50. The van der Waals surface area contributed by atoms with Crippen molar-refractivity contribution < 1.29 is 4.79 Å². The average molecular weight is 298 g/mol. The number of nitrogens with one attached hydrogen (secondary N) is 1. The highest BCUT2D eigenvalue weighted by atomic mass is 16.2. The highest BCUT2D eigenvalue weighted by molar-refractivity contribution is 5.82. The molecule has 5 nitrogen and oxygen atoms in total. The molecule has 1 N–H and O–H groups in total. The minimum atomic E-state index is -0.0904. The minimum absolute atomic E-state index is 0.0904. The molecule has 1 aromatic heterocycles. The van der Waals surface area contributed by atoms with Gasteiger partial charge in [0.05, 0.1) is 18.1 Å². The topological polar surface area (TPSA) is 50.2 Å². The lowest BCUT2D eigenvalue weighted by molar-refractivity contribution is -0.136. The van der Waals surface area contributed by atoms with Gasteiger partial charge in [0.2, 0.25) is 5.91 Å². The van der Waals surface area contributed by atoms with Gasteiger partial charge in [0.15, 0.2) is 0 Å². The Morgan fingerprint density at radius 2 is 2.14 bits per heavy atom. The third kappa shape index (κ3) is 3.36. The number of hydrogen-bond acceptors (Lipinski definition) is 3. The molecule has 0 spiro atoms. The number of aromatic nitrogens is 2. The van der Waals surface area contributed by atoms with Crippen LogP contribution in [-0.2, 0) is 24.9 Å². The largest absolute Gasteiger partial charge is 0.337 e. The van der Waals surface area contributed by atoms with Crippen molar-refractivity contribution in [1.82, 2.24) is 19.8 Å². The van der Waals surface area contributed by atoms with Crippen molar-refractivity contribution in [2.24, 2.45) is 7.05 Å². The first-order valence-corrected chi connectivity index (χ1v) is 7.75. The van der Waals surface area contributed by atoms with E-state index in [9.17, 15) is 4.79 Å². The monoisotopic (exact) mass is 298 g/mol. The first kappa shape index (κ1) is 14.8. The SMILES string of the molecule is Cn1cncc1CNC1CCCN(Cc2ccccc2)C1=O. The maximum absolute atomic E-state index is 12.6. The van der Waals surface area contributed by atoms with Crippen molar-refractivity contribution in [2.75, 3.05) is 6.54 Å². The first-order valence-electron chi connectivity index (χ1n) is 7.75. The van der Waals surface area contributed by atoms with Crippen LogP contribution in [0.2, 0.25) is 0 Å². The Morgan fingerprint density at radius 1 is 1.32 bits per heavy atom. The third-order valence-electron chi connectivity index (χ3n) is 4.19. The van der Waals surface area contributed by atoms with Crippen molar-refractivity contribution in [1.29, 1.82) is 0 Å². The number of carbonyl (C=O) groups is 1. The number of rotatable bonds is 5. The van der Waals surface area contributed by atoms with Crippen molar-refractivity contribution >= 4 is 5.91 Å². The van der Waals surface area contributed by atoms with Crippen LogP contribution in [0.15, 0.2) is 42.9 Å². The van der Waals surface area contributed by atoms with Gasteiger partial charge in [-0.15, -0.1) is 0 Å². The fourth-order valence-corrected chi connectivity index (χ4v) is 2.87. The van der Waals surface area contributed by atoms with Crippen molar-refractivity contribution in [3.63, 3.8) is 0 Å². The molecule has 0 aliphatic carbocycles. The highest BCUT2D eigenvalue weighted by Crippen LogP contribution is 2.15.